The average Bonchev–Trinajstić information content (AvgIpc) is 3.04. The molecule has 1 aromatic rings. The zero-order chi connectivity index (χ0) is 12.2. The molecule has 1 aromatic carbocycles. The van der Waals surface area contributed by atoms with E-state index < -0.39 is 23.2 Å². The maximum atomic E-state index is 2.35. The van der Waals surface area contributed by atoms with Crippen molar-refractivity contribution in [1.82, 2.24) is 0 Å². The monoisotopic (exact) mass is 382 g/mol. The minimum Gasteiger partial charge on any atom is -0.147 e. The zero-order valence-electron chi connectivity index (χ0n) is 11.2. The molecule has 0 nitrogen and oxygen atoms in total. The Balaban J connectivity index is 0.000001000. The molecule has 0 saturated carbocycles. The normalized spacial score (nSPS) is 15.7. The van der Waals surface area contributed by atoms with Gasteiger partial charge in [-0.25, -0.2) is 0 Å². The predicted molar refractivity (Wildman–Crippen MR) is 87.3 cm³/mol. The molecule has 104 valence electrons. The second-order valence-corrected chi connectivity index (χ2v) is 8.40. The fourth-order valence-electron chi connectivity index (χ4n) is 2.40. The van der Waals surface area contributed by atoms with Crippen LogP contribution in [0.25, 0.3) is 0 Å². The van der Waals surface area contributed by atoms with E-state index in [1.165, 1.54) is 18.4 Å². The maximum Gasteiger partial charge on any atom is -0.147 e. The molecular formula is C17H18Cl2Zr. The number of benzene rings is 1. The van der Waals surface area contributed by atoms with E-state index in [-0.39, 0.29) is 24.8 Å². The summed E-state index contributed by atoms with van der Waals surface area (Å²) < 4.78 is 3.50. The molecule has 3 rings (SSSR count). The van der Waals surface area contributed by atoms with E-state index in [4.69, 9.17) is 0 Å². The van der Waals surface area contributed by atoms with Crippen molar-refractivity contribution in [3.05, 3.63) is 78.4 Å². The average molecular weight is 384 g/mol. The molecule has 0 saturated heterocycles. The predicted octanol–water partition coefficient (Wildman–Crippen LogP) is 5.21. The second-order valence-electron chi connectivity index (χ2n) is 4.72. The summed E-state index contributed by atoms with van der Waals surface area (Å²) in [6.07, 6.45) is 15.1. The van der Waals surface area contributed by atoms with Gasteiger partial charge in [0.1, 0.15) is 0 Å². The fourth-order valence-corrected chi connectivity index (χ4v) is 5.69. The van der Waals surface area contributed by atoms with E-state index in [9.17, 15) is 0 Å². The van der Waals surface area contributed by atoms with E-state index >= 15 is 0 Å². The van der Waals surface area contributed by atoms with Gasteiger partial charge in [0.05, 0.1) is 0 Å². The van der Waals surface area contributed by atoms with Crippen LogP contribution in [0.4, 0.5) is 0 Å². The Morgan fingerprint density at radius 2 is 1.75 bits per heavy atom. The quantitative estimate of drug-likeness (QED) is 0.668. The second kappa shape index (κ2) is 8.83. The minimum atomic E-state index is -0.483. The van der Waals surface area contributed by atoms with Gasteiger partial charge in [0.2, 0.25) is 0 Å². The first kappa shape index (κ1) is 17.7. The molecule has 0 spiro atoms. The molecule has 0 atom stereocenters. The molecular weight excluding hydrogens is 366 g/mol. The summed E-state index contributed by atoms with van der Waals surface area (Å²) in [5, 5.41) is 0. The molecule has 0 fully saturated rings. The SMILES string of the molecule is C1=CC[C]([Zr][C]2=C(Cc3ccccc3)C=CC2)=C1.Cl.Cl. The van der Waals surface area contributed by atoms with Crippen molar-refractivity contribution in [2.45, 2.75) is 19.3 Å². The molecule has 0 bridgehead atoms. The van der Waals surface area contributed by atoms with Crippen molar-refractivity contribution in [3.63, 3.8) is 0 Å². The van der Waals surface area contributed by atoms with E-state index in [1.54, 1.807) is 12.1 Å². The van der Waals surface area contributed by atoms with Gasteiger partial charge in [-0.3, -0.25) is 0 Å². The van der Waals surface area contributed by atoms with Crippen LogP contribution in [0, 0.1) is 0 Å². The van der Waals surface area contributed by atoms with Gasteiger partial charge in [0, 0.05) is 0 Å². The van der Waals surface area contributed by atoms with Crippen LogP contribution < -0.4 is 0 Å². The van der Waals surface area contributed by atoms with Gasteiger partial charge >= 0.3 is 121 Å². The summed E-state index contributed by atoms with van der Waals surface area (Å²) >= 11 is -0.483. The van der Waals surface area contributed by atoms with E-state index in [2.05, 4.69) is 60.7 Å². The Kier molecular flexibility index (Phi) is 7.81. The Labute approximate surface area is 145 Å². The zero-order valence-corrected chi connectivity index (χ0v) is 15.3. The largest absolute Gasteiger partial charge is 0.147 e. The van der Waals surface area contributed by atoms with Crippen molar-refractivity contribution in [2.75, 3.05) is 0 Å². The molecule has 0 N–H and O–H groups in total. The third kappa shape index (κ3) is 4.59. The van der Waals surface area contributed by atoms with Gasteiger partial charge < -0.3 is 0 Å². The number of hydrogen-bond acceptors (Lipinski definition) is 0. The Bertz CT molecular complexity index is 554. The molecule has 0 heterocycles. The molecule has 0 amide bonds. The summed E-state index contributed by atoms with van der Waals surface area (Å²) in [5.74, 6) is 0. The Hall–Kier alpha value is -0.357. The minimum absolute atomic E-state index is 0. The number of hydrogen-bond donors (Lipinski definition) is 0. The van der Waals surface area contributed by atoms with E-state index in [0.29, 0.717) is 0 Å². The van der Waals surface area contributed by atoms with Gasteiger partial charge in [0.15, 0.2) is 0 Å². The third-order valence-electron chi connectivity index (χ3n) is 3.35. The smallest absolute Gasteiger partial charge is 0.147 e. The van der Waals surface area contributed by atoms with Crippen LogP contribution in [0.5, 0.6) is 0 Å². The summed E-state index contributed by atoms with van der Waals surface area (Å²) in [4.78, 5) is 0. The van der Waals surface area contributed by atoms with Crippen LogP contribution in [0.2, 0.25) is 0 Å². The Morgan fingerprint density at radius 1 is 0.950 bits per heavy atom. The molecule has 2 aliphatic carbocycles. The molecule has 0 unspecified atom stereocenters. The Morgan fingerprint density at radius 3 is 2.45 bits per heavy atom. The van der Waals surface area contributed by atoms with Crippen molar-refractivity contribution in [3.8, 4) is 0 Å². The van der Waals surface area contributed by atoms with Gasteiger partial charge in [-0.05, 0) is 0 Å². The van der Waals surface area contributed by atoms with Crippen molar-refractivity contribution < 1.29 is 23.2 Å². The topological polar surface area (TPSA) is 0 Å². The van der Waals surface area contributed by atoms with Crippen LogP contribution in [-0.2, 0) is 29.7 Å². The van der Waals surface area contributed by atoms with Crippen LogP contribution in [0.1, 0.15) is 18.4 Å². The summed E-state index contributed by atoms with van der Waals surface area (Å²) in [5.41, 5.74) is 3.04. The first-order valence-corrected chi connectivity index (χ1v) is 8.93. The van der Waals surface area contributed by atoms with Crippen molar-refractivity contribution in [1.29, 1.82) is 0 Å². The molecule has 0 aromatic heterocycles. The first-order valence-electron chi connectivity index (χ1n) is 6.47. The van der Waals surface area contributed by atoms with Gasteiger partial charge in [-0.1, -0.05) is 0 Å². The molecule has 3 heteroatoms. The number of halogens is 2. The van der Waals surface area contributed by atoms with Crippen LogP contribution in [-0.4, -0.2) is 0 Å². The van der Waals surface area contributed by atoms with Crippen molar-refractivity contribution in [2.24, 2.45) is 0 Å². The van der Waals surface area contributed by atoms with Gasteiger partial charge in [0.25, 0.3) is 0 Å². The van der Waals surface area contributed by atoms with Crippen LogP contribution in [0.15, 0.2) is 72.8 Å². The van der Waals surface area contributed by atoms with Crippen LogP contribution in [0.3, 0.4) is 0 Å². The van der Waals surface area contributed by atoms with E-state index in [0.717, 1.165) is 6.42 Å². The molecule has 20 heavy (non-hydrogen) atoms. The standard InChI is InChI=1S/C12H11.C5H5.2ClH.Zr/c1-2-6-11(7-3-1)10-12-8-4-5-9-12;1-2-4-5-3-1;;;/h1-4,6-8H,5,10H2;1-3H,4H2;2*1H;. The van der Waals surface area contributed by atoms with E-state index in [1.807, 2.05) is 0 Å². The first-order chi connectivity index (χ1) is 8.92. The summed E-state index contributed by atoms with van der Waals surface area (Å²) in [7, 11) is 0. The fraction of sp³-hybridized carbons (Fsp3) is 0.176. The molecule has 2 aliphatic rings. The third-order valence-corrected chi connectivity index (χ3v) is 7.08. The maximum absolute atomic E-state index is 2.35. The number of rotatable bonds is 4. The van der Waals surface area contributed by atoms with Gasteiger partial charge in [-0.15, -0.1) is 24.8 Å². The van der Waals surface area contributed by atoms with Crippen molar-refractivity contribution >= 4 is 24.8 Å². The summed E-state index contributed by atoms with van der Waals surface area (Å²) in [6.45, 7) is 0. The molecule has 0 radical (unpaired) electrons. The van der Waals surface area contributed by atoms with Crippen LogP contribution >= 0.6 is 24.8 Å². The summed E-state index contributed by atoms with van der Waals surface area (Å²) in [6, 6.07) is 10.8. The van der Waals surface area contributed by atoms with Gasteiger partial charge in [-0.2, -0.15) is 0 Å². The number of allylic oxidation sites excluding steroid dienone is 8. The molecule has 0 aliphatic heterocycles.